The van der Waals surface area contributed by atoms with Crippen LogP contribution in [0.25, 0.3) is 0 Å². The zero-order chi connectivity index (χ0) is 74.2. The largest absolute Gasteiger partial charge is 0.472 e. The van der Waals surface area contributed by atoms with Gasteiger partial charge in [-0.3, -0.25) is 37.3 Å². The van der Waals surface area contributed by atoms with Crippen molar-refractivity contribution >= 4 is 39.5 Å². The minimum atomic E-state index is -4.96. The predicted molar refractivity (Wildman–Crippen MR) is 414 cm³/mol. The second-order valence-corrected chi connectivity index (χ2v) is 33.4. The average Bonchev–Trinajstić information content (AvgIpc) is 1.09. The molecule has 0 aliphatic rings. The van der Waals surface area contributed by atoms with Crippen molar-refractivity contribution in [1.82, 2.24) is 0 Å². The maximum atomic E-state index is 13.1. The Labute approximate surface area is 619 Å². The molecule has 101 heavy (non-hydrogen) atoms. The van der Waals surface area contributed by atoms with Crippen LogP contribution < -0.4 is 0 Å². The van der Waals surface area contributed by atoms with E-state index in [4.69, 9.17) is 37.0 Å². The van der Waals surface area contributed by atoms with E-state index in [0.717, 1.165) is 102 Å². The summed E-state index contributed by atoms with van der Waals surface area (Å²) in [6, 6.07) is 0. The molecule has 5 atom stereocenters. The molecule has 0 aliphatic heterocycles. The summed E-state index contributed by atoms with van der Waals surface area (Å²) in [5.74, 6) is -0.535. The summed E-state index contributed by atoms with van der Waals surface area (Å²) in [7, 11) is -9.92. The molecule has 0 aromatic carbocycles. The molecular formula is C82H160O17P2. The van der Waals surface area contributed by atoms with Crippen LogP contribution in [0, 0.1) is 11.8 Å². The minimum Gasteiger partial charge on any atom is -0.462 e. The molecular weight excluding hydrogens is 1320 g/mol. The standard InChI is InChI=1S/C82H160O17P2/c1-7-9-11-13-15-17-19-20-21-24-28-31-34-41-47-53-59-65-80(85)93-71-78(98-81(86)66-60-54-48-42-35-32-29-26-23-22-25-27-30-33-38-44-50-56-62-74(3)4)73-97-101(90,91)95-69-76(83)68-94-100(88,89)96-72-77(70-92-79(84)64-58-52-46-40-18-16-14-12-10-8-2)99-82(87)67-61-55-49-43-37-36-39-45-51-57-63-75(5)6/h74-78,83H,7-73H2,1-6H3,(H,88,89)(H,90,91)/t76-,77+,78+/m0/s1. The molecule has 0 aromatic heterocycles. The number of carbonyl (C=O) groups is 4. The highest BCUT2D eigenvalue weighted by Crippen LogP contribution is 2.45. The van der Waals surface area contributed by atoms with Gasteiger partial charge in [0.1, 0.15) is 19.3 Å². The third-order valence-electron chi connectivity index (χ3n) is 19.2. The lowest BCUT2D eigenvalue weighted by molar-refractivity contribution is -0.161. The molecule has 0 aliphatic carbocycles. The number of rotatable bonds is 81. The first kappa shape index (κ1) is 99.1. The predicted octanol–water partition coefficient (Wildman–Crippen LogP) is 24.7. The fraction of sp³-hybridized carbons (Fsp3) is 0.951. The smallest absolute Gasteiger partial charge is 0.462 e. The van der Waals surface area contributed by atoms with Gasteiger partial charge in [-0.2, -0.15) is 0 Å². The van der Waals surface area contributed by atoms with Crippen molar-refractivity contribution in [2.45, 2.75) is 452 Å². The first-order valence-electron chi connectivity index (χ1n) is 42.5. The molecule has 0 radical (unpaired) electrons. The van der Waals surface area contributed by atoms with Crippen LogP contribution in [0.1, 0.15) is 433 Å². The van der Waals surface area contributed by atoms with Crippen LogP contribution in [-0.4, -0.2) is 96.7 Å². The van der Waals surface area contributed by atoms with E-state index in [9.17, 15) is 43.2 Å². The maximum absolute atomic E-state index is 13.1. The molecule has 2 unspecified atom stereocenters. The lowest BCUT2D eigenvalue weighted by Gasteiger charge is -2.21. The van der Waals surface area contributed by atoms with Crippen LogP contribution in [0.15, 0.2) is 0 Å². The molecule has 0 amide bonds. The number of esters is 4. The Balaban J connectivity index is 5.22. The van der Waals surface area contributed by atoms with Gasteiger partial charge in [0.2, 0.25) is 0 Å². The number of aliphatic hydroxyl groups is 1. The monoisotopic (exact) mass is 1480 g/mol. The van der Waals surface area contributed by atoms with Crippen LogP contribution in [0.4, 0.5) is 0 Å². The lowest BCUT2D eigenvalue weighted by Crippen LogP contribution is -2.30. The summed E-state index contributed by atoms with van der Waals surface area (Å²) >= 11 is 0. The van der Waals surface area contributed by atoms with E-state index in [2.05, 4.69) is 41.5 Å². The lowest BCUT2D eigenvalue weighted by atomic mass is 10.0. The number of phosphoric acid groups is 2. The molecule has 0 rings (SSSR count). The second kappa shape index (κ2) is 73.6. The molecule has 3 N–H and O–H groups in total. The van der Waals surface area contributed by atoms with Gasteiger partial charge < -0.3 is 33.8 Å². The Morgan fingerprint density at radius 3 is 0.673 bits per heavy atom. The van der Waals surface area contributed by atoms with Crippen LogP contribution in [0.2, 0.25) is 0 Å². The first-order chi connectivity index (χ1) is 48.9. The van der Waals surface area contributed by atoms with Crippen molar-refractivity contribution in [3.63, 3.8) is 0 Å². The summed E-state index contributed by atoms with van der Waals surface area (Å²) < 4.78 is 68.7. The summed E-state index contributed by atoms with van der Waals surface area (Å²) in [6.07, 6.45) is 63.9. The third-order valence-corrected chi connectivity index (χ3v) is 21.1. The van der Waals surface area contributed by atoms with Gasteiger partial charge in [0.15, 0.2) is 12.2 Å². The quantitative estimate of drug-likeness (QED) is 0.0222. The van der Waals surface area contributed by atoms with Crippen molar-refractivity contribution in [1.29, 1.82) is 0 Å². The average molecular weight is 1480 g/mol. The second-order valence-electron chi connectivity index (χ2n) is 30.5. The van der Waals surface area contributed by atoms with Crippen molar-refractivity contribution in [2.24, 2.45) is 11.8 Å². The van der Waals surface area contributed by atoms with Crippen LogP contribution in [0.5, 0.6) is 0 Å². The number of hydrogen-bond donors (Lipinski definition) is 3. The Morgan fingerprint density at radius 1 is 0.267 bits per heavy atom. The molecule has 0 aromatic rings. The summed E-state index contributed by atoms with van der Waals surface area (Å²) in [5, 5.41) is 10.6. The van der Waals surface area contributed by atoms with Crippen molar-refractivity contribution in [3.8, 4) is 0 Å². The van der Waals surface area contributed by atoms with Crippen LogP contribution >= 0.6 is 15.6 Å². The van der Waals surface area contributed by atoms with Gasteiger partial charge in [-0.1, -0.05) is 382 Å². The van der Waals surface area contributed by atoms with Crippen molar-refractivity contribution in [2.75, 3.05) is 39.6 Å². The molecule has 0 bridgehead atoms. The maximum Gasteiger partial charge on any atom is 0.472 e. The fourth-order valence-corrected chi connectivity index (χ4v) is 14.3. The van der Waals surface area contributed by atoms with Gasteiger partial charge in [0.25, 0.3) is 0 Å². The van der Waals surface area contributed by atoms with Crippen molar-refractivity contribution < 1.29 is 80.2 Å². The van der Waals surface area contributed by atoms with E-state index in [1.807, 2.05) is 0 Å². The van der Waals surface area contributed by atoms with E-state index in [0.29, 0.717) is 25.7 Å². The number of aliphatic hydroxyl groups excluding tert-OH is 1. The number of unbranched alkanes of at least 4 members (excludes halogenated alkanes) is 51. The fourth-order valence-electron chi connectivity index (χ4n) is 12.7. The third kappa shape index (κ3) is 76.1. The first-order valence-corrected chi connectivity index (χ1v) is 45.5. The molecule has 19 heteroatoms. The van der Waals surface area contributed by atoms with Gasteiger partial charge in [0, 0.05) is 25.7 Å². The van der Waals surface area contributed by atoms with E-state index in [1.54, 1.807) is 0 Å². The molecule has 0 saturated carbocycles. The van der Waals surface area contributed by atoms with Crippen molar-refractivity contribution in [3.05, 3.63) is 0 Å². The van der Waals surface area contributed by atoms with Gasteiger partial charge in [-0.15, -0.1) is 0 Å². The Bertz CT molecular complexity index is 1940. The molecule has 17 nitrogen and oxygen atoms in total. The van der Waals surface area contributed by atoms with Gasteiger partial charge in [-0.25, -0.2) is 9.13 Å². The zero-order valence-electron chi connectivity index (χ0n) is 66.2. The number of phosphoric ester groups is 2. The number of hydrogen-bond acceptors (Lipinski definition) is 15. The Kier molecular flexibility index (Phi) is 72.2. The number of ether oxygens (including phenoxy) is 4. The Morgan fingerprint density at radius 2 is 0.455 bits per heavy atom. The van der Waals surface area contributed by atoms with Crippen LogP contribution in [-0.2, 0) is 65.4 Å². The molecule has 0 saturated heterocycles. The molecule has 0 heterocycles. The van der Waals surface area contributed by atoms with E-state index >= 15 is 0 Å². The van der Waals surface area contributed by atoms with E-state index < -0.39 is 97.5 Å². The highest BCUT2D eigenvalue weighted by atomic mass is 31.2. The van der Waals surface area contributed by atoms with E-state index in [-0.39, 0.29) is 25.7 Å². The Hall–Kier alpha value is -1.94. The molecule has 600 valence electrons. The SMILES string of the molecule is CCCCCCCCCCCCCCCCCCCC(=O)OC[C@H](COP(=O)(O)OC[C@@H](O)COP(=O)(O)OC[C@@H](COC(=O)CCCCCCCCCCCC)OC(=O)CCCCCCCCCCCCC(C)C)OC(=O)CCCCCCCCCCCCCCCCCCCCC(C)C. The molecule has 0 fully saturated rings. The summed E-state index contributed by atoms with van der Waals surface area (Å²) in [6.45, 7) is 9.66. The normalized spacial score (nSPS) is 13.9. The summed E-state index contributed by atoms with van der Waals surface area (Å²) in [5.41, 5.74) is 0. The minimum absolute atomic E-state index is 0.106. The topological polar surface area (TPSA) is 237 Å². The highest BCUT2D eigenvalue weighted by Gasteiger charge is 2.30. The zero-order valence-corrected chi connectivity index (χ0v) is 68.0. The summed E-state index contributed by atoms with van der Waals surface area (Å²) in [4.78, 5) is 73.0. The highest BCUT2D eigenvalue weighted by molar-refractivity contribution is 7.47. The van der Waals surface area contributed by atoms with Gasteiger partial charge >= 0.3 is 39.5 Å². The van der Waals surface area contributed by atoms with Crippen LogP contribution in [0.3, 0.4) is 0 Å². The number of carbonyl (C=O) groups excluding carboxylic acids is 4. The van der Waals surface area contributed by atoms with Gasteiger partial charge in [-0.05, 0) is 37.5 Å². The van der Waals surface area contributed by atoms with E-state index in [1.165, 1.54) is 250 Å². The molecule has 0 spiro atoms. The van der Waals surface area contributed by atoms with Gasteiger partial charge in [0.05, 0.1) is 26.4 Å².